The van der Waals surface area contributed by atoms with Crippen molar-refractivity contribution < 1.29 is 0 Å². The Balaban J connectivity index is 1.76. The maximum atomic E-state index is 4.73. The summed E-state index contributed by atoms with van der Waals surface area (Å²) in [6.07, 6.45) is 2.74. The van der Waals surface area contributed by atoms with Crippen LogP contribution in [0.25, 0.3) is 0 Å². The van der Waals surface area contributed by atoms with E-state index in [1.807, 2.05) is 0 Å². The van der Waals surface area contributed by atoms with Crippen molar-refractivity contribution in [2.45, 2.75) is 58.5 Å². The molecule has 4 heteroatoms. The summed E-state index contributed by atoms with van der Waals surface area (Å²) in [7, 11) is 0. The Labute approximate surface area is 121 Å². The number of nitrogens with one attached hydrogen (secondary N) is 1. The van der Waals surface area contributed by atoms with Crippen LogP contribution in [0.2, 0.25) is 0 Å². The lowest BCUT2D eigenvalue weighted by atomic mass is 9.98. The highest BCUT2D eigenvalue weighted by atomic mass is 32.1. The van der Waals surface area contributed by atoms with Crippen LogP contribution in [0.4, 0.5) is 0 Å². The van der Waals surface area contributed by atoms with Crippen LogP contribution in [0.5, 0.6) is 0 Å². The minimum absolute atomic E-state index is 0.171. The molecule has 3 nitrogen and oxygen atoms in total. The summed E-state index contributed by atoms with van der Waals surface area (Å²) >= 11 is 1.78. The Bertz CT molecular complexity index is 388. The zero-order chi connectivity index (χ0) is 13.9. The number of hydrogen-bond donors (Lipinski definition) is 1. The number of rotatable bonds is 5. The fourth-order valence-electron chi connectivity index (χ4n) is 2.43. The normalized spacial score (nSPS) is 18.9. The molecule has 1 aromatic rings. The number of likely N-dealkylation sites (tertiary alicyclic amines) is 1. The number of aromatic nitrogens is 1. The molecule has 1 aromatic heterocycles. The molecule has 1 aliphatic heterocycles. The summed E-state index contributed by atoms with van der Waals surface area (Å²) in [5.74, 6) is 0. The largest absolute Gasteiger partial charge is 0.307 e. The summed E-state index contributed by atoms with van der Waals surface area (Å²) in [5, 5.41) is 7.02. The summed E-state index contributed by atoms with van der Waals surface area (Å²) in [4.78, 5) is 7.28. The maximum absolute atomic E-state index is 4.73. The van der Waals surface area contributed by atoms with Gasteiger partial charge in [-0.25, -0.2) is 4.98 Å². The van der Waals surface area contributed by atoms with Gasteiger partial charge >= 0.3 is 0 Å². The summed E-state index contributed by atoms with van der Waals surface area (Å²) in [5.41, 5.74) is 1.35. The minimum Gasteiger partial charge on any atom is -0.307 e. The molecule has 0 amide bonds. The van der Waals surface area contributed by atoms with E-state index in [9.17, 15) is 0 Å². The van der Waals surface area contributed by atoms with Crippen LogP contribution < -0.4 is 5.32 Å². The molecule has 1 unspecified atom stereocenters. The van der Waals surface area contributed by atoms with Crippen molar-refractivity contribution in [3.05, 3.63) is 16.1 Å². The van der Waals surface area contributed by atoms with Crippen molar-refractivity contribution in [3.8, 4) is 0 Å². The molecule has 2 rings (SSSR count). The molecule has 19 heavy (non-hydrogen) atoms. The van der Waals surface area contributed by atoms with Crippen molar-refractivity contribution in [3.63, 3.8) is 0 Å². The van der Waals surface area contributed by atoms with Crippen molar-refractivity contribution in [2.24, 2.45) is 0 Å². The number of hydrogen-bond acceptors (Lipinski definition) is 4. The molecule has 0 radical (unpaired) electrons. The third-order valence-corrected chi connectivity index (χ3v) is 4.87. The Morgan fingerprint density at radius 1 is 1.37 bits per heavy atom. The van der Waals surface area contributed by atoms with Crippen LogP contribution >= 0.6 is 11.3 Å². The molecule has 2 heterocycles. The first-order valence-corrected chi connectivity index (χ1v) is 8.24. The molecule has 1 saturated heterocycles. The highest BCUT2D eigenvalue weighted by molar-refractivity contribution is 7.09. The predicted molar refractivity (Wildman–Crippen MR) is 82.8 cm³/mol. The zero-order valence-electron chi connectivity index (χ0n) is 12.7. The van der Waals surface area contributed by atoms with Crippen LogP contribution in [0, 0.1) is 0 Å². The molecule has 1 aliphatic rings. The van der Waals surface area contributed by atoms with E-state index in [-0.39, 0.29) is 5.41 Å². The van der Waals surface area contributed by atoms with Gasteiger partial charge in [-0.15, -0.1) is 11.3 Å². The van der Waals surface area contributed by atoms with Crippen LogP contribution in [-0.2, 0) is 12.0 Å². The van der Waals surface area contributed by atoms with E-state index in [2.05, 4.69) is 43.3 Å². The summed E-state index contributed by atoms with van der Waals surface area (Å²) < 4.78 is 0. The van der Waals surface area contributed by atoms with Gasteiger partial charge in [0.1, 0.15) is 0 Å². The Hall–Kier alpha value is -0.450. The third kappa shape index (κ3) is 4.55. The molecule has 1 fully saturated rings. The molecule has 0 saturated carbocycles. The second-order valence-electron chi connectivity index (χ2n) is 6.68. The van der Waals surface area contributed by atoms with Gasteiger partial charge in [0, 0.05) is 29.9 Å². The van der Waals surface area contributed by atoms with Crippen LogP contribution in [0.3, 0.4) is 0 Å². The minimum atomic E-state index is 0.171. The van der Waals surface area contributed by atoms with E-state index in [1.165, 1.54) is 36.6 Å². The van der Waals surface area contributed by atoms with E-state index < -0.39 is 0 Å². The van der Waals surface area contributed by atoms with Gasteiger partial charge in [0.2, 0.25) is 0 Å². The molecule has 1 N–H and O–H groups in total. The van der Waals surface area contributed by atoms with E-state index in [4.69, 9.17) is 4.98 Å². The molecule has 108 valence electrons. The molecule has 0 spiro atoms. The molecule has 1 atom stereocenters. The van der Waals surface area contributed by atoms with Crippen molar-refractivity contribution in [1.29, 1.82) is 0 Å². The number of nitrogens with zero attached hydrogens (tertiary/aromatic N) is 2. The lowest BCUT2D eigenvalue weighted by Crippen LogP contribution is -2.37. The third-order valence-electron chi connectivity index (χ3n) is 3.56. The van der Waals surface area contributed by atoms with Crippen LogP contribution in [-0.4, -0.2) is 35.6 Å². The smallest absolute Gasteiger partial charge is 0.0982 e. The predicted octanol–water partition coefficient (Wildman–Crippen LogP) is 3.01. The molecule has 0 bridgehead atoms. The van der Waals surface area contributed by atoms with Gasteiger partial charge in [0.25, 0.3) is 0 Å². The van der Waals surface area contributed by atoms with Gasteiger partial charge in [-0.1, -0.05) is 20.8 Å². The SMILES string of the molecule is CC(CN1CCCC1)NCc1csc(C(C)(C)C)n1. The van der Waals surface area contributed by atoms with Crippen molar-refractivity contribution in [2.75, 3.05) is 19.6 Å². The Kier molecular flexibility index (Phi) is 4.98. The Morgan fingerprint density at radius 3 is 2.63 bits per heavy atom. The van der Waals surface area contributed by atoms with E-state index in [0.717, 1.165) is 13.1 Å². The fourth-order valence-corrected chi connectivity index (χ4v) is 3.34. The highest BCUT2D eigenvalue weighted by Gasteiger charge is 2.18. The zero-order valence-corrected chi connectivity index (χ0v) is 13.5. The second-order valence-corrected chi connectivity index (χ2v) is 7.54. The standard InChI is InChI=1S/C15H27N3S/c1-12(10-18-7-5-6-8-18)16-9-13-11-19-14(17-13)15(2,3)4/h11-12,16H,5-10H2,1-4H3. The van der Waals surface area contributed by atoms with Gasteiger partial charge in [-0.3, -0.25) is 0 Å². The van der Waals surface area contributed by atoms with Gasteiger partial charge in [-0.2, -0.15) is 0 Å². The van der Waals surface area contributed by atoms with E-state index in [0.29, 0.717) is 6.04 Å². The van der Waals surface area contributed by atoms with Crippen molar-refractivity contribution in [1.82, 2.24) is 15.2 Å². The quantitative estimate of drug-likeness (QED) is 0.899. The first kappa shape index (κ1) is 14.9. The highest BCUT2D eigenvalue weighted by Crippen LogP contribution is 2.25. The molecular weight excluding hydrogens is 254 g/mol. The van der Waals surface area contributed by atoms with Gasteiger partial charge in [0.05, 0.1) is 10.7 Å². The van der Waals surface area contributed by atoms with Gasteiger partial charge < -0.3 is 10.2 Å². The van der Waals surface area contributed by atoms with E-state index >= 15 is 0 Å². The Morgan fingerprint density at radius 2 is 2.05 bits per heavy atom. The number of thiazole rings is 1. The molecular formula is C15H27N3S. The summed E-state index contributed by atoms with van der Waals surface area (Å²) in [6.45, 7) is 13.5. The van der Waals surface area contributed by atoms with E-state index in [1.54, 1.807) is 11.3 Å². The average molecular weight is 281 g/mol. The van der Waals surface area contributed by atoms with Gasteiger partial charge in [-0.05, 0) is 32.9 Å². The first-order valence-electron chi connectivity index (χ1n) is 7.36. The van der Waals surface area contributed by atoms with Crippen LogP contribution in [0.15, 0.2) is 5.38 Å². The monoisotopic (exact) mass is 281 g/mol. The maximum Gasteiger partial charge on any atom is 0.0982 e. The van der Waals surface area contributed by atoms with Gasteiger partial charge in [0.15, 0.2) is 0 Å². The first-order chi connectivity index (χ1) is 8.95. The second kappa shape index (κ2) is 6.33. The lowest BCUT2D eigenvalue weighted by Gasteiger charge is -2.20. The molecule has 0 aliphatic carbocycles. The lowest BCUT2D eigenvalue weighted by molar-refractivity contribution is 0.298. The fraction of sp³-hybridized carbons (Fsp3) is 0.800. The molecule has 0 aromatic carbocycles. The topological polar surface area (TPSA) is 28.2 Å². The van der Waals surface area contributed by atoms with Crippen molar-refractivity contribution >= 4 is 11.3 Å². The van der Waals surface area contributed by atoms with Crippen LogP contribution in [0.1, 0.15) is 51.2 Å². The average Bonchev–Trinajstić information content (AvgIpc) is 2.95. The summed E-state index contributed by atoms with van der Waals surface area (Å²) in [6, 6.07) is 0.540.